The number of carbonyl (C=O) groups is 2. The number of amides is 2. The lowest BCUT2D eigenvalue weighted by atomic mass is 10.2. The molecule has 2 rings (SSSR count). The molecule has 9 heteroatoms. The van der Waals surface area contributed by atoms with Crippen molar-refractivity contribution in [3.05, 3.63) is 34.9 Å². The van der Waals surface area contributed by atoms with Gasteiger partial charge in [0.15, 0.2) is 0 Å². The summed E-state index contributed by atoms with van der Waals surface area (Å²) < 4.78 is 31.6. The number of sulfonamides is 1. The Morgan fingerprint density at radius 2 is 1.79 bits per heavy atom. The third-order valence-electron chi connectivity index (χ3n) is 3.49. The van der Waals surface area contributed by atoms with Gasteiger partial charge in [0.1, 0.15) is 0 Å². The van der Waals surface area contributed by atoms with Crippen molar-refractivity contribution in [2.75, 3.05) is 26.3 Å². The average molecular weight is 375 g/mol. The average Bonchev–Trinajstić information content (AvgIpc) is 2.84. The number of hydrogen-bond acceptors (Lipinski definition) is 5. The van der Waals surface area contributed by atoms with E-state index in [1.807, 2.05) is 0 Å². The van der Waals surface area contributed by atoms with Crippen molar-refractivity contribution in [2.24, 2.45) is 0 Å². The quantitative estimate of drug-likeness (QED) is 0.512. The molecule has 24 heavy (non-hydrogen) atoms. The molecule has 1 N–H and O–H groups in total. The highest BCUT2D eigenvalue weighted by Crippen LogP contribution is 2.17. The number of carbonyl (C=O) groups excluding carboxylic acids is 2. The lowest BCUT2D eigenvalue weighted by Gasteiger charge is -2.13. The molecule has 0 atom stereocenters. The summed E-state index contributed by atoms with van der Waals surface area (Å²) in [6.45, 7) is 0.639. The van der Waals surface area contributed by atoms with Gasteiger partial charge in [0.2, 0.25) is 21.8 Å². The fraction of sp³-hybridized carbons (Fsp3) is 0.467. The van der Waals surface area contributed by atoms with Crippen LogP contribution in [0.2, 0.25) is 5.02 Å². The van der Waals surface area contributed by atoms with Gasteiger partial charge in [0, 0.05) is 24.4 Å². The zero-order valence-electron chi connectivity index (χ0n) is 13.0. The van der Waals surface area contributed by atoms with Crippen LogP contribution in [0.4, 0.5) is 0 Å². The van der Waals surface area contributed by atoms with Crippen molar-refractivity contribution in [3.8, 4) is 0 Å². The molecule has 1 saturated heterocycles. The maximum atomic E-state index is 12.0. The van der Waals surface area contributed by atoms with Crippen LogP contribution < -0.4 is 4.72 Å². The number of imide groups is 1. The van der Waals surface area contributed by atoms with Gasteiger partial charge in [0.25, 0.3) is 0 Å². The standard InChI is InChI=1S/C15H19ClN2O5S/c16-13-4-2-1-3-12(13)11-24(21,22)17-7-9-23-10-8-18-14(19)5-6-15(18)20/h1-4,17H,5-11H2. The van der Waals surface area contributed by atoms with Crippen LogP contribution in [-0.2, 0) is 30.1 Å². The van der Waals surface area contributed by atoms with Gasteiger partial charge in [0.05, 0.1) is 25.5 Å². The van der Waals surface area contributed by atoms with Crippen molar-refractivity contribution < 1.29 is 22.7 Å². The molecular weight excluding hydrogens is 356 g/mol. The molecule has 0 spiro atoms. The third kappa shape index (κ3) is 5.55. The predicted octanol–water partition coefficient (Wildman–Crippen LogP) is 0.925. The summed E-state index contributed by atoms with van der Waals surface area (Å²) in [5.41, 5.74) is 0.527. The molecule has 0 bridgehead atoms. The maximum absolute atomic E-state index is 12.0. The van der Waals surface area contributed by atoms with Crippen LogP contribution in [0.1, 0.15) is 18.4 Å². The zero-order chi connectivity index (χ0) is 17.6. The van der Waals surface area contributed by atoms with Crippen molar-refractivity contribution in [1.29, 1.82) is 0 Å². The van der Waals surface area contributed by atoms with Gasteiger partial charge in [-0.15, -0.1) is 0 Å². The number of rotatable bonds is 9. The van der Waals surface area contributed by atoms with E-state index in [1.54, 1.807) is 24.3 Å². The number of nitrogens with one attached hydrogen (secondary N) is 1. The van der Waals surface area contributed by atoms with Crippen LogP contribution in [0, 0.1) is 0 Å². The second-order valence-corrected chi connectivity index (χ2v) is 7.51. The molecule has 2 amide bonds. The van der Waals surface area contributed by atoms with Crippen LogP contribution in [0.15, 0.2) is 24.3 Å². The molecule has 1 aromatic carbocycles. The Morgan fingerprint density at radius 3 is 2.46 bits per heavy atom. The Kier molecular flexibility index (Phi) is 6.73. The molecule has 1 heterocycles. The molecule has 1 aromatic rings. The first kappa shape index (κ1) is 18.9. The van der Waals surface area contributed by atoms with E-state index >= 15 is 0 Å². The Morgan fingerprint density at radius 1 is 1.12 bits per heavy atom. The van der Waals surface area contributed by atoms with E-state index in [4.69, 9.17) is 16.3 Å². The Labute approximate surface area is 146 Å². The fourth-order valence-corrected chi connectivity index (χ4v) is 3.71. The van der Waals surface area contributed by atoms with Crippen molar-refractivity contribution in [2.45, 2.75) is 18.6 Å². The first-order chi connectivity index (χ1) is 11.4. The SMILES string of the molecule is O=C1CCC(=O)N1CCOCCNS(=O)(=O)Cc1ccccc1Cl. The first-order valence-electron chi connectivity index (χ1n) is 7.51. The fourth-order valence-electron chi connectivity index (χ4n) is 2.27. The summed E-state index contributed by atoms with van der Waals surface area (Å²) in [7, 11) is -3.51. The van der Waals surface area contributed by atoms with Gasteiger partial charge in [-0.05, 0) is 11.6 Å². The molecule has 0 aromatic heterocycles. The van der Waals surface area contributed by atoms with E-state index in [2.05, 4.69) is 4.72 Å². The molecule has 0 unspecified atom stereocenters. The Balaban J connectivity index is 1.65. The van der Waals surface area contributed by atoms with Gasteiger partial charge in [-0.3, -0.25) is 14.5 Å². The second-order valence-electron chi connectivity index (χ2n) is 5.30. The van der Waals surface area contributed by atoms with Gasteiger partial charge < -0.3 is 4.74 Å². The van der Waals surface area contributed by atoms with Gasteiger partial charge in [-0.25, -0.2) is 13.1 Å². The van der Waals surface area contributed by atoms with E-state index in [9.17, 15) is 18.0 Å². The summed E-state index contributed by atoms with van der Waals surface area (Å²) in [4.78, 5) is 23.9. The van der Waals surface area contributed by atoms with Crippen molar-refractivity contribution in [3.63, 3.8) is 0 Å². The zero-order valence-corrected chi connectivity index (χ0v) is 14.6. The summed E-state index contributed by atoms with van der Waals surface area (Å²) >= 11 is 5.94. The molecule has 1 fully saturated rings. The molecule has 0 saturated carbocycles. The number of hydrogen-bond donors (Lipinski definition) is 1. The number of ether oxygens (including phenoxy) is 1. The molecule has 0 radical (unpaired) electrons. The highest BCUT2D eigenvalue weighted by atomic mass is 35.5. The van der Waals surface area contributed by atoms with E-state index in [-0.39, 0.29) is 56.7 Å². The van der Waals surface area contributed by atoms with Crippen LogP contribution in [0.25, 0.3) is 0 Å². The largest absolute Gasteiger partial charge is 0.378 e. The van der Waals surface area contributed by atoms with Crippen molar-refractivity contribution >= 4 is 33.4 Å². The Bertz CT molecular complexity index is 692. The number of likely N-dealkylation sites (tertiary alicyclic amines) is 1. The van der Waals surface area contributed by atoms with Crippen LogP contribution >= 0.6 is 11.6 Å². The molecule has 1 aliphatic heterocycles. The number of halogens is 1. The normalized spacial score (nSPS) is 15.3. The van der Waals surface area contributed by atoms with E-state index in [0.29, 0.717) is 10.6 Å². The van der Waals surface area contributed by atoms with E-state index < -0.39 is 10.0 Å². The van der Waals surface area contributed by atoms with Crippen LogP contribution in [0.3, 0.4) is 0 Å². The van der Waals surface area contributed by atoms with Crippen molar-refractivity contribution in [1.82, 2.24) is 9.62 Å². The second kappa shape index (κ2) is 8.57. The van der Waals surface area contributed by atoms with Gasteiger partial charge >= 0.3 is 0 Å². The van der Waals surface area contributed by atoms with Crippen LogP contribution in [-0.4, -0.2) is 51.4 Å². The summed E-state index contributed by atoms with van der Waals surface area (Å²) in [5, 5.41) is 0.402. The lowest BCUT2D eigenvalue weighted by Crippen LogP contribution is -2.33. The minimum atomic E-state index is -3.51. The lowest BCUT2D eigenvalue weighted by molar-refractivity contribution is -0.139. The number of benzene rings is 1. The van der Waals surface area contributed by atoms with Crippen LogP contribution in [0.5, 0.6) is 0 Å². The Hall–Kier alpha value is -1.48. The summed E-state index contributed by atoms with van der Waals surface area (Å²) in [6, 6.07) is 6.74. The minimum Gasteiger partial charge on any atom is -0.378 e. The summed E-state index contributed by atoms with van der Waals surface area (Å²) in [6.07, 6.45) is 0.501. The monoisotopic (exact) mass is 374 g/mol. The number of nitrogens with zero attached hydrogens (tertiary/aromatic N) is 1. The molecule has 132 valence electrons. The molecule has 7 nitrogen and oxygen atoms in total. The minimum absolute atomic E-state index is 0.106. The van der Waals surface area contributed by atoms with E-state index in [0.717, 1.165) is 0 Å². The first-order valence-corrected chi connectivity index (χ1v) is 9.54. The van der Waals surface area contributed by atoms with E-state index in [1.165, 1.54) is 4.90 Å². The highest BCUT2D eigenvalue weighted by molar-refractivity contribution is 7.88. The third-order valence-corrected chi connectivity index (χ3v) is 5.19. The van der Waals surface area contributed by atoms with Gasteiger partial charge in [-0.2, -0.15) is 0 Å². The smallest absolute Gasteiger partial charge is 0.229 e. The summed E-state index contributed by atoms with van der Waals surface area (Å²) in [5.74, 6) is -0.586. The highest BCUT2D eigenvalue weighted by Gasteiger charge is 2.28. The molecular formula is C15H19ClN2O5S. The van der Waals surface area contributed by atoms with Gasteiger partial charge in [-0.1, -0.05) is 29.8 Å². The topological polar surface area (TPSA) is 92.8 Å². The molecule has 0 aliphatic carbocycles. The molecule has 1 aliphatic rings. The predicted molar refractivity (Wildman–Crippen MR) is 88.9 cm³/mol. The maximum Gasteiger partial charge on any atom is 0.229 e.